The molecule has 0 saturated carbocycles. The van der Waals surface area contributed by atoms with E-state index in [1.165, 1.54) is 0 Å². The number of nitrogens with one attached hydrogen (secondary N) is 2. The van der Waals surface area contributed by atoms with Crippen molar-refractivity contribution in [1.29, 1.82) is 0 Å². The molecule has 1 aromatic heterocycles. The molecule has 6 nitrogen and oxygen atoms in total. The van der Waals surface area contributed by atoms with Crippen LogP contribution in [0.3, 0.4) is 0 Å². The van der Waals surface area contributed by atoms with E-state index in [2.05, 4.69) is 10.3 Å². The lowest BCUT2D eigenvalue weighted by atomic mass is 10.1. The van der Waals surface area contributed by atoms with E-state index >= 15 is 0 Å². The summed E-state index contributed by atoms with van der Waals surface area (Å²) in [6.45, 7) is 3.08. The molecular formula is C23H23N3O3. The van der Waals surface area contributed by atoms with E-state index in [0.717, 1.165) is 16.7 Å². The average Bonchev–Trinajstić information content (AvgIpc) is 2.77. The van der Waals surface area contributed by atoms with Crippen LogP contribution < -0.4 is 15.5 Å². The Balaban J connectivity index is 1.60. The lowest BCUT2D eigenvalue weighted by molar-refractivity contribution is 0.0706. The monoisotopic (exact) mass is 389 g/mol. The first-order valence-electron chi connectivity index (χ1n) is 9.23. The van der Waals surface area contributed by atoms with Crippen LogP contribution in [0.25, 0.3) is 6.08 Å². The SMILES string of the molecule is C/C(=C\c1ccc(C(=O)NO)cc1)CNc1ncccc1OCc1ccccc1. The largest absolute Gasteiger partial charge is 0.485 e. The van der Waals surface area contributed by atoms with Gasteiger partial charge in [0.05, 0.1) is 0 Å². The van der Waals surface area contributed by atoms with Crippen molar-refractivity contribution in [3.8, 4) is 5.75 Å². The fraction of sp³-hybridized carbons (Fsp3) is 0.130. The van der Waals surface area contributed by atoms with E-state index in [4.69, 9.17) is 9.94 Å². The third kappa shape index (κ3) is 5.92. The lowest BCUT2D eigenvalue weighted by Crippen LogP contribution is -2.18. The molecule has 3 aromatic rings. The molecule has 1 amide bonds. The maximum absolute atomic E-state index is 11.4. The van der Waals surface area contributed by atoms with E-state index < -0.39 is 5.91 Å². The molecule has 0 unspecified atom stereocenters. The van der Waals surface area contributed by atoms with Crippen molar-refractivity contribution in [3.63, 3.8) is 0 Å². The Morgan fingerprint density at radius 1 is 1.07 bits per heavy atom. The summed E-state index contributed by atoms with van der Waals surface area (Å²) in [6, 6.07) is 20.7. The maximum Gasteiger partial charge on any atom is 0.274 e. The van der Waals surface area contributed by atoms with Crippen molar-refractivity contribution >= 4 is 17.8 Å². The van der Waals surface area contributed by atoms with Gasteiger partial charge in [-0.25, -0.2) is 10.5 Å². The summed E-state index contributed by atoms with van der Waals surface area (Å²) in [4.78, 5) is 15.8. The topological polar surface area (TPSA) is 83.5 Å². The Labute approximate surface area is 169 Å². The molecule has 29 heavy (non-hydrogen) atoms. The molecule has 6 heteroatoms. The number of rotatable bonds is 8. The van der Waals surface area contributed by atoms with E-state index in [9.17, 15) is 4.79 Å². The number of aromatic nitrogens is 1. The molecule has 0 radical (unpaired) electrons. The smallest absolute Gasteiger partial charge is 0.274 e. The Bertz CT molecular complexity index is 970. The summed E-state index contributed by atoms with van der Waals surface area (Å²) in [5, 5.41) is 12.0. The van der Waals surface area contributed by atoms with Crippen LogP contribution >= 0.6 is 0 Å². The number of carbonyl (C=O) groups excluding carboxylic acids is 1. The Morgan fingerprint density at radius 3 is 2.55 bits per heavy atom. The van der Waals surface area contributed by atoms with Crippen molar-refractivity contribution in [1.82, 2.24) is 10.5 Å². The van der Waals surface area contributed by atoms with Gasteiger partial charge in [0.1, 0.15) is 6.61 Å². The average molecular weight is 389 g/mol. The van der Waals surface area contributed by atoms with Gasteiger partial charge in [0.15, 0.2) is 11.6 Å². The van der Waals surface area contributed by atoms with Crippen LogP contribution in [0, 0.1) is 0 Å². The van der Waals surface area contributed by atoms with Gasteiger partial charge in [-0.3, -0.25) is 10.0 Å². The first-order chi connectivity index (χ1) is 14.2. The predicted octanol–water partition coefficient (Wildman–Crippen LogP) is 4.30. The summed E-state index contributed by atoms with van der Waals surface area (Å²) < 4.78 is 5.92. The second-order valence-electron chi connectivity index (χ2n) is 6.53. The van der Waals surface area contributed by atoms with Crippen LogP contribution in [0.5, 0.6) is 5.75 Å². The highest BCUT2D eigenvalue weighted by Crippen LogP contribution is 2.22. The molecule has 0 atom stereocenters. The van der Waals surface area contributed by atoms with Crippen LogP contribution in [-0.4, -0.2) is 22.6 Å². The highest BCUT2D eigenvalue weighted by atomic mass is 16.5. The van der Waals surface area contributed by atoms with Crippen molar-refractivity contribution in [3.05, 3.63) is 95.2 Å². The van der Waals surface area contributed by atoms with Gasteiger partial charge in [0, 0.05) is 18.3 Å². The highest BCUT2D eigenvalue weighted by molar-refractivity contribution is 5.93. The predicted molar refractivity (Wildman–Crippen MR) is 113 cm³/mol. The van der Waals surface area contributed by atoms with Crippen LogP contribution in [0.1, 0.15) is 28.4 Å². The molecule has 148 valence electrons. The summed E-state index contributed by atoms with van der Waals surface area (Å²) in [6.07, 6.45) is 3.74. The molecule has 3 rings (SSSR count). The van der Waals surface area contributed by atoms with Crippen LogP contribution in [-0.2, 0) is 6.61 Å². The fourth-order valence-electron chi connectivity index (χ4n) is 2.73. The minimum absolute atomic E-state index is 0.397. The molecule has 0 aliphatic heterocycles. The molecule has 0 fully saturated rings. The molecule has 2 aromatic carbocycles. The Hall–Kier alpha value is -3.64. The number of hydrogen-bond donors (Lipinski definition) is 3. The van der Waals surface area contributed by atoms with E-state index in [1.54, 1.807) is 23.8 Å². The van der Waals surface area contributed by atoms with Gasteiger partial charge >= 0.3 is 0 Å². The molecule has 0 aliphatic carbocycles. The number of ether oxygens (including phenoxy) is 1. The molecule has 0 spiro atoms. The van der Waals surface area contributed by atoms with Crippen molar-refractivity contribution < 1.29 is 14.7 Å². The zero-order valence-corrected chi connectivity index (χ0v) is 16.1. The number of benzene rings is 2. The number of carbonyl (C=O) groups is 1. The molecular weight excluding hydrogens is 366 g/mol. The van der Waals surface area contributed by atoms with Crippen LogP contribution in [0.15, 0.2) is 78.5 Å². The number of nitrogens with zero attached hydrogens (tertiary/aromatic N) is 1. The standard InChI is InChI=1S/C23H23N3O3/c1-17(14-18-9-11-20(12-10-18)23(27)26-28)15-25-22-21(8-5-13-24-22)29-16-19-6-3-2-4-7-19/h2-14,28H,15-16H2,1H3,(H,24,25)(H,26,27)/b17-14+. The number of hydrogen-bond acceptors (Lipinski definition) is 5. The zero-order chi connectivity index (χ0) is 20.5. The van der Waals surface area contributed by atoms with Crippen LogP contribution in [0.4, 0.5) is 5.82 Å². The van der Waals surface area contributed by atoms with E-state index in [1.807, 2.05) is 67.6 Å². The Kier molecular flexibility index (Phi) is 6.97. The number of pyridine rings is 1. The Morgan fingerprint density at radius 2 is 1.83 bits per heavy atom. The number of amides is 1. The van der Waals surface area contributed by atoms with Crippen molar-refractivity contribution in [2.24, 2.45) is 0 Å². The van der Waals surface area contributed by atoms with Gasteiger partial charge in [-0.05, 0) is 42.3 Å². The lowest BCUT2D eigenvalue weighted by Gasteiger charge is -2.12. The zero-order valence-electron chi connectivity index (χ0n) is 16.1. The molecule has 1 heterocycles. The van der Waals surface area contributed by atoms with Gasteiger partial charge in [0.25, 0.3) is 5.91 Å². The normalized spacial score (nSPS) is 11.0. The summed E-state index contributed by atoms with van der Waals surface area (Å²) in [5.41, 5.74) is 5.16. The minimum atomic E-state index is -0.530. The fourth-order valence-corrected chi connectivity index (χ4v) is 2.73. The van der Waals surface area contributed by atoms with Gasteiger partial charge in [0.2, 0.25) is 0 Å². The van der Waals surface area contributed by atoms with Crippen molar-refractivity contribution in [2.45, 2.75) is 13.5 Å². The molecule has 0 aliphatic rings. The summed E-state index contributed by atoms with van der Waals surface area (Å²) >= 11 is 0. The molecule has 3 N–H and O–H groups in total. The first kappa shape index (κ1) is 20.1. The summed E-state index contributed by atoms with van der Waals surface area (Å²) in [7, 11) is 0. The van der Waals surface area contributed by atoms with Gasteiger partial charge in [-0.1, -0.05) is 54.1 Å². The number of hydroxylamine groups is 1. The van der Waals surface area contributed by atoms with E-state index in [0.29, 0.717) is 30.3 Å². The second-order valence-corrected chi connectivity index (χ2v) is 6.53. The van der Waals surface area contributed by atoms with E-state index in [-0.39, 0.29) is 0 Å². The van der Waals surface area contributed by atoms with Crippen LogP contribution in [0.2, 0.25) is 0 Å². The highest BCUT2D eigenvalue weighted by Gasteiger charge is 2.06. The minimum Gasteiger partial charge on any atom is -0.485 e. The third-order valence-corrected chi connectivity index (χ3v) is 4.23. The summed E-state index contributed by atoms with van der Waals surface area (Å²) in [5.74, 6) is 0.853. The maximum atomic E-state index is 11.4. The quantitative estimate of drug-likeness (QED) is 0.395. The third-order valence-electron chi connectivity index (χ3n) is 4.23. The molecule has 0 saturated heterocycles. The second kappa shape index (κ2) is 10.1. The number of anilines is 1. The van der Waals surface area contributed by atoms with Gasteiger partial charge < -0.3 is 10.1 Å². The first-order valence-corrected chi connectivity index (χ1v) is 9.23. The van der Waals surface area contributed by atoms with Gasteiger partial charge in [-0.2, -0.15) is 0 Å². The van der Waals surface area contributed by atoms with Gasteiger partial charge in [-0.15, -0.1) is 0 Å². The van der Waals surface area contributed by atoms with Crippen molar-refractivity contribution in [2.75, 3.05) is 11.9 Å². The molecule has 0 bridgehead atoms.